The van der Waals surface area contributed by atoms with Crippen molar-refractivity contribution in [2.75, 3.05) is 5.75 Å². The van der Waals surface area contributed by atoms with E-state index in [0.29, 0.717) is 6.54 Å². The molecule has 1 aromatic carbocycles. The highest BCUT2D eigenvalue weighted by Gasteiger charge is 1.91. The van der Waals surface area contributed by atoms with Crippen molar-refractivity contribution in [3.8, 4) is 6.19 Å². The van der Waals surface area contributed by atoms with E-state index in [9.17, 15) is 0 Å². The minimum absolute atomic E-state index is 0.636. The molecule has 0 aromatic heterocycles. The van der Waals surface area contributed by atoms with Crippen LogP contribution in [0.4, 0.5) is 0 Å². The Morgan fingerprint density at radius 1 is 1.36 bits per heavy atom. The van der Waals surface area contributed by atoms with Crippen LogP contribution in [0.5, 0.6) is 0 Å². The molecule has 3 nitrogen and oxygen atoms in total. The van der Waals surface area contributed by atoms with Gasteiger partial charge in [0.2, 0.25) is 0 Å². The van der Waals surface area contributed by atoms with Gasteiger partial charge in [0.05, 0.1) is 0 Å². The van der Waals surface area contributed by atoms with Crippen molar-refractivity contribution in [2.24, 2.45) is 11.5 Å². The molecule has 14 heavy (non-hydrogen) atoms. The largest absolute Gasteiger partial charge is 0.337 e. The number of benzene rings is 1. The molecule has 0 unspecified atom stereocenters. The fraction of sp³-hybridized carbons (Fsp3) is 0.300. The zero-order chi connectivity index (χ0) is 10.8. The number of nitriles is 1. The van der Waals surface area contributed by atoms with Crippen LogP contribution in [-0.4, -0.2) is 5.75 Å². The van der Waals surface area contributed by atoms with Crippen LogP contribution in [0.3, 0.4) is 0 Å². The van der Waals surface area contributed by atoms with E-state index in [1.54, 1.807) is 0 Å². The zero-order valence-corrected chi connectivity index (χ0v) is 9.05. The second-order valence-corrected chi connectivity index (χ2v) is 3.75. The summed E-state index contributed by atoms with van der Waals surface area (Å²) in [4.78, 5) is 1.32. The molecule has 1 aromatic rings. The maximum absolute atomic E-state index is 7.10. The molecule has 0 fully saturated rings. The van der Waals surface area contributed by atoms with Crippen LogP contribution in [0.1, 0.15) is 12.5 Å². The molecule has 0 atom stereocenters. The van der Waals surface area contributed by atoms with E-state index in [4.69, 9.17) is 11.0 Å². The Morgan fingerprint density at radius 3 is 2.21 bits per heavy atom. The Morgan fingerprint density at radius 2 is 1.86 bits per heavy atom. The topological polar surface area (TPSA) is 75.8 Å². The molecule has 4 heteroatoms. The summed E-state index contributed by atoms with van der Waals surface area (Å²) in [6.07, 6.45) is 1.25. The number of nitrogens with zero attached hydrogens (tertiary/aromatic N) is 1. The average molecular weight is 209 g/mol. The SMILES string of the molecule is CCSc1ccc(CN)cc1.N#CN. The van der Waals surface area contributed by atoms with Gasteiger partial charge in [-0.05, 0) is 23.4 Å². The van der Waals surface area contributed by atoms with Crippen molar-refractivity contribution in [3.63, 3.8) is 0 Å². The lowest BCUT2D eigenvalue weighted by Gasteiger charge is -1.99. The van der Waals surface area contributed by atoms with Gasteiger partial charge in [0.15, 0.2) is 6.19 Å². The normalized spacial score (nSPS) is 8.36. The summed E-state index contributed by atoms with van der Waals surface area (Å²) in [7, 11) is 0. The zero-order valence-electron chi connectivity index (χ0n) is 8.23. The molecule has 76 valence electrons. The highest BCUT2D eigenvalue weighted by molar-refractivity contribution is 7.99. The van der Waals surface area contributed by atoms with E-state index in [1.165, 1.54) is 16.7 Å². The maximum Gasteiger partial charge on any atom is 0.173 e. The Kier molecular flexibility index (Phi) is 7.71. The van der Waals surface area contributed by atoms with Gasteiger partial charge in [-0.1, -0.05) is 19.1 Å². The lowest BCUT2D eigenvalue weighted by Crippen LogP contribution is -1.94. The van der Waals surface area contributed by atoms with Crippen LogP contribution in [0.25, 0.3) is 0 Å². The predicted molar refractivity (Wildman–Crippen MR) is 60.5 cm³/mol. The first-order chi connectivity index (χ1) is 6.78. The van der Waals surface area contributed by atoms with Crippen molar-refractivity contribution >= 4 is 11.8 Å². The number of hydrogen-bond acceptors (Lipinski definition) is 4. The Balaban J connectivity index is 0.000000500. The lowest BCUT2D eigenvalue weighted by atomic mass is 10.2. The minimum Gasteiger partial charge on any atom is -0.337 e. The van der Waals surface area contributed by atoms with Crippen molar-refractivity contribution < 1.29 is 0 Å². The van der Waals surface area contributed by atoms with E-state index in [2.05, 4.69) is 36.9 Å². The molecule has 0 radical (unpaired) electrons. The average Bonchev–Trinajstić information content (AvgIpc) is 2.21. The molecule has 4 N–H and O–H groups in total. The van der Waals surface area contributed by atoms with Crippen molar-refractivity contribution in [1.29, 1.82) is 5.26 Å². The van der Waals surface area contributed by atoms with Crippen molar-refractivity contribution in [3.05, 3.63) is 29.8 Å². The minimum atomic E-state index is 0.636. The molecule has 0 heterocycles. The van der Waals surface area contributed by atoms with Gasteiger partial charge >= 0.3 is 0 Å². The molecule has 0 amide bonds. The van der Waals surface area contributed by atoms with Crippen LogP contribution in [0.15, 0.2) is 29.2 Å². The smallest absolute Gasteiger partial charge is 0.173 e. The summed E-state index contributed by atoms with van der Waals surface area (Å²) in [6.45, 7) is 2.79. The van der Waals surface area contributed by atoms with Gasteiger partial charge in [-0.25, -0.2) is 0 Å². The van der Waals surface area contributed by atoms with E-state index in [1.807, 2.05) is 11.8 Å². The maximum atomic E-state index is 7.10. The van der Waals surface area contributed by atoms with E-state index >= 15 is 0 Å². The molecule has 0 saturated heterocycles. The third-order valence-corrected chi connectivity index (χ3v) is 2.36. The van der Waals surface area contributed by atoms with Crippen molar-refractivity contribution in [1.82, 2.24) is 0 Å². The van der Waals surface area contributed by atoms with E-state index in [0.717, 1.165) is 5.75 Å². The number of nitrogens with two attached hydrogens (primary N) is 2. The lowest BCUT2D eigenvalue weighted by molar-refractivity contribution is 1.07. The second kappa shape index (κ2) is 8.42. The van der Waals surface area contributed by atoms with Gasteiger partial charge in [-0.15, -0.1) is 11.8 Å². The quantitative estimate of drug-likeness (QED) is 0.451. The number of thioether (sulfide) groups is 1. The first kappa shape index (κ1) is 12.8. The second-order valence-electron chi connectivity index (χ2n) is 2.41. The van der Waals surface area contributed by atoms with Gasteiger partial charge < -0.3 is 11.5 Å². The molecule has 0 saturated carbocycles. The first-order valence-electron chi connectivity index (χ1n) is 4.30. The summed E-state index contributed by atoms with van der Waals surface area (Å²) in [5, 5.41) is 7.10. The number of hydrogen-bond donors (Lipinski definition) is 2. The monoisotopic (exact) mass is 209 g/mol. The first-order valence-corrected chi connectivity index (χ1v) is 5.28. The van der Waals surface area contributed by atoms with E-state index < -0.39 is 0 Å². The molecule has 0 aliphatic rings. The van der Waals surface area contributed by atoms with Gasteiger partial charge in [-0.2, -0.15) is 5.26 Å². The highest BCUT2D eigenvalue weighted by Crippen LogP contribution is 2.17. The third kappa shape index (κ3) is 5.46. The summed E-state index contributed by atoms with van der Waals surface area (Å²) in [5.74, 6) is 1.13. The standard InChI is InChI=1S/C9H13NS.CH2N2/c1-2-11-9-5-3-8(7-10)4-6-9;2-1-3/h3-6H,2,7,10H2,1H3;2H2. The molecule has 0 spiro atoms. The Hall–Kier alpha value is -1.18. The highest BCUT2D eigenvalue weighted by atomic mass is 32.2. The number of rotatable bonds is 3. The predicted octanol–water partition coefficient (Wildman–Crippen LogP) is 1.68. The summed E-state index contributed by atoms with van der Waals surface area (Å²) < 4.78 is 0. The van der Waals surface area contributed by atoms with Crippen molar-refractivity contribution in [2.45, 2.75) is 18.4 Å². The Bertz CT molecular complexity index is 276. The molecule has 1 rings (SSSR count). The fourth-order valence-corrected chi connectivity index (χ4v) is 1.55. The van der Waals surface area contributed by atoms with Crippen LogP contribution in [0.2, 0.25) is 0 Å². The van der Waals surface area contributed by atoms with Gasteiger partial charge in [0, 0.05) is 11.4 Å². The molecular weight excluding hydrogens is 194 g/mol. The summed E-state index contributed by atoms with van der Waals surface area (Å²) in [5.41, 5.74) is 10.8. The van der Waals surface area contributed by atoms with Gasteiger partial charge in [0.1, 0.15) is 0 Å². The van der Waals surface area contributed by atoms with Gasteiger partial charge in [-0.3, -0.25) is 0 Å². The molecule has 0 aliphatic heterocycles. The van der Waals surface area contributed by atoms with E-state index in [-0.39, 0.29) is 0 Å². The van der Waals surface area contributed by atoms with Crippen LogP contribution >= 0.6 is 11.8 Å². The van der Waals surface area contributed by atoms with Crippen LogP contribution in [-0.2, 0) is 6.54 Å². The summed E-state index contributed by atoms with van der Waals surface area (Å²) in [6, 6.07) is 8.41. The van der Waals surface area contributed by atoms with Crippen LogP contribution < -0.4 is 11.5 Å². The molecular formula is C10H15N3S. The van der Waals surface area contributed by atoms with Crippen LogP contribution in [0, 0.1) is 11.5 Å². The van der Waals surface area contributed by atoms with Gasteiger partial charge in [0.25, 0.3) is 0 Å². The molecule has 0 aliphatic carbocycles. The Labute approximate surface area is 89.1 Å². The summed E-state index contributed by atoms with van der Waals surface area (Å²) >= 11 is 1.85. The molecule has 0 bridgehead atoms. The third-order valence-electron chi connectivity index (χ3n) is 1.47. The fourth-order valence-electron chi connectivity index (χ4n) is 0.888.